The summed E-state index contributed by atoms with van der Waals surface area (Å²) in [6.45, 7) is 6.50. The van der Waals surface area contributed by atoms with Crippen LogP contribution in [0.5, 0.6) is 0 Å². The predicted octanol–water partition coefficient (Wildman–Crippen LogP) is 2.40. The number of benzene rings is 1. The van der Waals surface area contributed by atoms with Crippen LogP contribution >= 0.6 is 11.6 Å². The van der Waals surface area contributed by atoms with Crippen LogP contribution in [0.2, 0.25) is 5.02 Å². The van der Waals surface area contributed by atoms with Gasteiger partial charge in [0.2, 0.25) is 11.8 Å². The number of amides is 3. The van der Waals surface area contributed by atoms with Crippen molar-refractivity contribution >= 4 is 29.3 Å². The van der Waals surface area contributed by atoms with Crippen molar-refractivity contribution < 1.29 is 14.4 Å². The van der Waals surface area contributed by atoms with Crippen LogP contribution in [-0.2, 0) is 21.5 Å². The second-order valence-electron chi connectivity index (χ2n) is 7.10. The zero-order valence-corrected chi connectivity index (χ0v) is 14.2. The maximum absolute atomic E-state index is 12.6. The van der Waals surface area contributed by atoms with Crippen LogP contribution < -0.4 is 5.32 Å². The summed E-state index contributed by atoms with van der Waals surface area (Å²) in [5, 5.41) is 2.89. The minimum atomic E-state index is -0.609. The first-order valence-electron chi connectivity index (χ1n) is 7.66. The lowest BCUT2D eigenvalue weighted by atomic mass is 9.85. The van der Waals surface area contributed by atoms with Gasteiger partial charge in [-0.2, -0.15) is 0 Å². The van der Waals surface area contributed by atoms with Gasteiger partial charge in [-0.15, -0.1) is 0 Å². The first kappa shape index (κ1) is 16.0. The van der Waals surface area contributed by atoms with Crippen molar-refractivity contribution in [1.29, 1.82) is 0 Å². The van der Waals surface area contributed by atoms with Gasteiger partial charge < -0.3 is 4.90 Å². The van der Waals surface area contributed by atoms with Crippen molar-refractivity contribution in [3.63, 3.8) is 0 Å². The van der Waals surface area contributed by atoms with Crippen LogP contribution in [-0.4, -0.2) is 28.7 Å². The summed E-state index contributed by atoms with van der Waals surface area (Å²) in [6, 6.07) is 3.06. The highest BCUT2D eigenvalue weighted by Gasteiger charge is 2.40. The van der Waals surface area contributed by atoms with Crippen LogP contribution in [0, 0.1) is 0 Å². The molecule has 0 aliphatic carbocycles. The van der Waals surface area contributed by atoms with Crippen molar-refractivity contribution in [3.8, 4) is 0 Å². The molecule has 2 heterocycles. The maximum atomic E-state index is 12.6. The summed E-state index contributed by atoms with van der Waals surface area (Å²) in [5.74, 6) is -0.894. The van der Waals surface area contributed by atoms with E-state index in [0.717, 1.165) is 11.1 Å². The molecule has 3 rings (SSSR count). The van der Waals surface area contributed by atoms with Crippen molar-refractivity contribution in [2.45, 2.75) is 51.6 Å². The van der Waals surface area contributed by atoms with Gasteiger partial charge in [0.15, 0.2) is 0 Å². The molecule has 6 heteroatoms. The molecule has 0 aromatic heterocycles. The van der Waals surface area contributed by atoms with E-state index in [4.69, 9.17) is 11.6 Å². The Balaban J connectivity index is 1.95. The van der Waals surface area contributed by atoms with Crippen LogP contribution in [0.15, 0.2) is 12.1 Å². The summed E-state index contributed by atoms with van der Waals surface area (Å²) in [4.78, 5) is 37.5. The highest BCUT2D eigenvalue weighted by atomic mass is 35.5. The Morgan fingerprint density at radius 1 is 1.22 bits per heavy atom. The fraction of sp³-hybridized carbons (Fsp3) is 0.471. The SMILES string of the molecule is CC(C)(C)c1ccc2c(c1Cl)CN(C1CCC(=O)NC1=O)C2=O. The molecular weight excluding hydrogens is 316 g/mol. The molecule has 2 aliphatic rings. The molecular formula is C17H19ClN2O3. The van der Waals surface area contributed by atoms with Crippen molar-refractivity contribution in [2.24, 2.45) is 0 Å². The third-order valence-electron chi connectivity index (χ3n) is 4.46. The molecule has 1 unspecified atom stereocenters. The van der Waals surface area contributed by atoms with Crippen LogP contribution in [0.25, 0.3) is 0 Å². The maximum Gasteiger partial charge on any atom is 0.255 e. The molecule has 1 aromatic rings. The summed E-state index contributed by atoms with van der Waals surface area (Å²) in [6.07, 6.45) is 0.603. The van der Waals surface area contributed by atoms with Gasteiger partial charge in [-0.25, -0.2) is 0 Å². The van der Waals surface area contributed by atoms with Crippen molar-refractivity contribution in [1.82, 2.24) is 10.2 Å². The van der Waals surface area contributed by atoms with Crippen molar-refractivity contribution in [2.75, 3.05) is 0 Å². The topological polar surface area (TPSA) is 66.5 Å². The van der Waals surface area contributed by atoms with E-state index in [-0.39, 0.29) is 23.7 Å². The number of rotatable bonds is 1. The quantitative estimate of drug-likeness (QED) is 0.802. The Bertz CT molecular complexity index is 721. The second-order valence-corrected chi connectivity index (χ2v) is 7.48. The number of imide groups is 1. The lowest BCUT2D eigenvalue weighted by Crippen LogP contribution is -2.52. The average Bonchev–Trinajstić information content (AvgIpc) is 2.76. The molecule has 1 saturated heterocycles. The molecule has 0 spiro atoms. The van der Waals surface area contributed by atoms with Gasteiger partial charge >= 0.3 is 0 Å². The lowest BCUT2D eigenvalue weighted by molar-refractivity contribution is -0.136. The molecule has 0 radical (unpaired) electrons. The van der Waals surface area contributed by atoms with E-state index >= 15 is 0 Å². The van der Waals surface area contributed by atoms with E-state index < -0.39 is 11.9 Å². The normalized spacial score (nSPS) is 21.5. The number of carbonyl (C=O) groups is 3. The van der Waals surface area contributed by atoms with Gasteiger partial charge in [0.25, 0.3) is 5.91 Å². The van der Waals surface area contributed by atoms with E-state index in [0.29, 0.717) is 23.6 Å². The van der Waals surface area contributed by atoms with Crippen LogP contribution in [0.1, 0.15) is 55.1 Å². The molecule has 1 N–H and O–H groups in total. The molecule has 5 nitrogen and oxygen atoms in total. The van der Waals surface area contributed by atoms with Gasteiger partial charge in [-0.05, 0) is 23.5 Å². The minimum Gasteiger partial charge on any atom is -0.322 e. The van der Waals surface area contributed by atoms with Gasteiger partial charge in [0.1, 0.15) is 6.04 Å². The number of hydrogen-bond donors (Lipinski definition) is 1. The van der Waals surface area contributed by atoms with E-state index in [9.17, 15) is 14.4 Å². The van der Waals surface area contributed by atoms with Gasteiger partial charge in [0, 0.05) is 24.1 Å². The number of piperidine rings is 1. The molecule has 1 fully saturated rings. The largest absolute Gasteiger partial charge is 0.322 e. The Hall–Kier alpha value is -1.88. The summed E-state index contributed by atoms with van der Waals surface area (Å²) >= 11 is 6.53. The molecule has 3 amide bonds. The van der Waals surface area contributed by atoms with E-state index in [1.165, 1.54) is 4.90 Å². The Morgan fingerprint density at radius 3 is 2.52 bits per heavy atom. The highest BCUT2D eigenvalue weighted by molar-refractivity contribution is 6.33. The third-order valence-corrected chi connectivity index (χ3v) is 4.89. The molecule has 1 atom stereocenters. The number of nitrogens with one attached hydrogen (secondary N) is 1. The van der Waals surface area contributed by atoms with Gasteiger partial charge in [0.05, 0.1) is 5.02 Å². The Morgan fingerprint density at radius 2 is 1.91 bits per heavy atom. The molecule has 1 aromatic carbocycles. The number of hydrogen-bond acceptors (Lipinski definition) is 3. The average molecular weight is 335 g/mol. The fourth-order valence-electron chi connectivity index (χ4n) is 3.18. The van der Waals surface area contributed by atoms with E-state index in [2.05, 4.69) is 26.1 Å². The second kappa shape index (κ2) is 5.34. The zero-order valence-electron chi connectivity index (χ0n) is 13.4. The number of nitrogens with zero attached hydrogens (tertiary/aromatic N) is 1. The first-order valence-corrected chi connectivity index (χ1v) is 8.04. The fourth-order valence-corrected chi connectivity index (χ4v) is 3.69. The number of halogens is 1. The monoisotopic (exact) mass is 334 g/mol. The highest BCUT2D eigenvalue weighted by Crippen LogP contribution is 2.38. The zero-order chi connectivity index (χ0) is 16.9. The Labute approximate surface area is 140 Å². The predicted molar refractivity (Wildman–Crippen MR) is 86.2 cm³/mol. The molecule has 23 heavy (non-hydrogen) atoms. The van der Waals surface area contributed by atoms with E-state index in [1.807, 2.05) is 6.07 Å². The minimum absolute atomic E-state index is 0.128. The molecule has 0 saturated carbocycles. The van der Waals surface area contributed by atoms with Crippen molar-refractivity contribution in [3.05, 3.63) is 33.8 Å². The molecule has 0 bridgehead atoms. The summed E-state index contributed by atoms with van der Waals surface area (Å²) in [5.41, 5.74) is 2.18. The molecule has 122 valence electrons. The number of carbonyl (C=O) groups excluding carboxylic acids is 3. The van der Waals surface area contributed by atoms with Crippen LogP contribution in [0.3, 0.4) is 0 Å². The summed E-state index contributed by atoms with van der Waals surface area (Å²) in [7, 11) is 0. The smallest absolute Gasteiger partial charge is 0.255 e. The molecule has 2 aliphatic heterocycles. The Kier molecular flexibility index (Phi) is 3.71. The standard InChI is InChI=1S/C17H19ClN2O3/c1-17(2,3)11-5-4-9-10(14(11)18)8-20(16(9)23)12-6-7-13(21)19-15(12)22/h4-5,12H,6-8H2,1-3H3,(H,19,21,22). The first-order chi connectivity index (χ1) is 10.7. The van der Waals surface area contributed by atoms with Gasteiger partial charge in [-0.3, -0.25) is 19.7 Å². The third kappa shape index (κ3) is 2.63. The van der Waals surface area contributed by atoms with E-state index in [1.54, 1.807) is 6.07 Å². The van der Waals surface area contributed by atoms with Crippen LogP contribution in [0.4, 0.5) is 0 Å². The summed E-state index contributed by atoms with van der Waals surface area (Å²) < 4.78 is 0. The van der Waals surface area contributed by atoms with Gasteiger partial charge in [-0.1, -0.05) is 38.4 Å². The lowest BCUT2D eigenvalue weighted by Gasteiger charge is -2.29. The number of fused-ring (bicyclic) bond motifs is 1.